The number of hydrogen-bond donors (Lipinski definition) is 0. The number of nitrogens with zero attached hydrogens (tertiary/aromatic N) is 5. The van der Waals surface area contributed by atoms with E-state index in [1.165, 1.54) is 10.6 Å². The fourth-order valence-electron chi connectivity index (χ4n) is 1.96. The van der Waals surface area contributed by atoms with E-state index in [0.29, 0.717) is 22.2 Å². The van der Waals surface area contributed by atoms with Crippen LogP contribution in [0.5, 0.6) is 0 Å². The number of fused-ring (bicyclic) bond motifs is 1. The maximum absolute atomic E-state index is 11.7. The van der Waals surface area contributed by atoms with E-state index in [9.17, 15) is 4.79 Å². The van der Waals surface area contributed by atoms with Crippen molar-refractivity contribution in [3.8, 4) is 11.4 Å². The van der Waals surface area contributed by atoms with Gasteiger partial charge >= 0.3 is 0 Å². The van der Waals surface area contributed by atoms with Gasteiger partial charge in [-0.15, -0.1) is 10.2 Å². The van der Waals surface area contributed by atoms with E-state index in [4.69, 9.17) is 11.6 Å². The quantitative estimate of drug-likeness (QED) is 0.685. The second kappa shape index (κ2) is 4.42. The molecule has 3 aromatic rings. The summed E-state index contributed by atoms with van der Waals surface area (Å²) in [5.41, 5.74) is 2.99. The average Bonchev–Trinajstić information content (AvgIpc) is 2.83. The average molecular weight is 290 g/mol. The third-order valence-electron chi connectivity index (χ3n) is 3.40. The summed E-state index contributed by atoms with van der Waals surface area (Å²) in [6.07, 6.45) is 1.68. The summed E-state index contributed by atoms with van der Waals surface area (Å²) in [5, 5.41) is 12.9. The van der Waals surface area contributed by atoms with E-state index in [1.807, 2.05) is 13.8 Å². The van der Waals surface area contributed by atoms with Crippen molar-refractivity contribution in [3.63, 3.8) is 0 Å². The molecule has 6 nitrogen and oxygen atoms in total. The van der Waals surface area contributed by atoms with Crippen molar-refractivity contribution < 1.29 is 0 Å². The SMILES string of the molecule is Cc1c(Cl)nn2c(-c3ccn(C)c(=O)c3)nnc2c1C. The highest BCUT2D eigenvalue weighted by molar-refractivity contribution is 6.30. The van der Waals surface area contributed by atoms with Crippen molar-refractivity contribution >= 4 is 17.2 Å². The van der Waals surface area contributed by atoms with Crippen LogP contribution in [0.25, 0.3) is 17.0 Å². The summed E-state index contributed by atoms with van der Waals surface area (Å²) in [6.45, 7) is 3.80. The van der Waals surface area contributed by atoms with Gasteiger partial charge in [-0.25, -0.2) is 0 Å². The Labute approximate surface area is 119 Å². The van der Waals surface area contributed by atoms with Crippen LogP contribution in [0.4, 0.5) is 0 Å². The van der Waals surface area contributed by atoms with E-state index < -0.39 is 0 Å². The Morgan fingerprint density at radius 2 is 1.95 bits per heavy atom. The molecule has 3 aromatic heterocycles. The van der Waals surface area contributed by atoms with Gasteiger partial charge in [-0.05, 0) is 25.5 Å². The molecule has 0 aromatic carbocycles. The van der Waals surface area contributed by atoms with Crippen LogP contribution in [-0.2, 0) is 7.05 Å². The van der Waals surface area contributed by atoms with E-state index in [0.717, 1.165) is 11.1 Å². The van der Waals surface area contributed by atoms with Crippen molar-refractivity contribution in [2.75, 3.05) is 0 Å². The summed E-state index contributed by atoms with van der Waals surface area (Å²) >= 11 is 6.11. The summed E-state index contributed by atoms with van der Waals surface area (Å²) < 4.78 is 3.06. The third-order valence-corrected chi connectivity index (χ3v) is 3.76. The van der Waals surface area contributed by atoms with Gasteiger partial charge in [0.2, 0.25) is 0 Å². The van der Waals surface area contributed by atoms with Crippen LogP contribution in [0.3, 0.4) is 0 Å². The molecule has 0 unspecified atom stereocenters. The smallest absolute Gasteiger partial charge is 0.250 e. The lowest BCUT2D eigenvalue weighted by Gasteiger charge is -2.05. The molecule has 20 heavy (non-hydrogen) atoms. The van der Waals surface area contributed by atoms with Crippen LogP contribution in [0.15, 0.2) is 23.1 Å². The first-order chi connectivity index (χ1) is 9.49. The van der Waals surface area contributed by atoms with Crippen LogP contribution >= 0.6 is 11.6 Å². The molecule has 3 heterocycles. The maximum Gasteiger partial charge on any atom is 0.250 e. The van der Waals surface area contributed by atoms with Gasteiger partial charge in [0.1, 0.15) is 0 Å². The molecule has 102 valence electrons. The zero-order valence-corrected chi connectivity index (χ0v) is 12.0. The topological polar surface area (TPSA) is 65.1 Å². The van der Waals surface area contributed by atoms with Gasteiger partial charge in [0, 0.05) is 30.4 Å². The van der Waals surface area contributed by atoms with Gasteiger partial charge in [-0.3, -0.25) is 4.79 Å². The fraction of sp³-hybridized carbons (Fsp3) is 0.231. The molecule has 0 saturated heterocycles. The predicted molar refractivity (Wildman–Crippen MR) is 75.9 cm³/mol. The first kappa shape index (κ1) is 12.8. The van der Waals surface area contributed by atoms with Gasteiger partial charge < -0.3 is 4.57 Å². The molecule has 0 radical (unpaired) electrons. The zero-order valence-electron chi connectivity index (χ0n) is 11.3. The lowest BCUT2D eigenvalue weighted by Crippen LogP contribution is -2.14. The Morgan fingerprint density at radius 3 is 2.65 bits per heavy atom. The number of halogens is 1. The van der Waals surface area contributed by atoms with Crippen molar-refractivity contribution in [1.29, 1.82) is 0 Å². The van der Waals surface area contributed by atoms with Gasteiger partial charge in [0.15, 0.2) is 16.6 Å². The molecule has 0 fully saturated rings. The molecule has 0 saturated carbocycles. The van der Waals surface area contributed by atoms with E-state index >= 15 is 0 Å². The van der Waals surface area contributed by atoms with Crippen LogP contribution in [-0.4, -0.2) is 24.4 Å². The second-order valence-electron chi connectivity index (χ2n) is 4.66. The first-order valence-electron chi connectivity index (χ1n) is 6.04. The van der Waals surface area contributed by atoms with Gasteiger partial charge in [-0.2, -0.15) is 9.61 Å². The van der Waals surface area contributed by atoms with Gasteiger partial charge in [0.05, 0.1) is 0 Å². The molecule has 0 aliphatic rings. The van der Waals surface area contributed by atoms with Crippen molar-refractivity contribution in [2.45, 2.75) is 13.8 Å². The second-order valence-corrected chi connectivity index (χ2v) is 5.02. The Bertz CT molecular complexity index is 880. The molecule has 7 heteroatoms. The zero-order chi connectivity index (χ0) is 14.4. The number of rotatable bonds is 1. The van der Waals surface area contributed by atoms with E-state index in [2.05, 4.69) is 15.3 Å². The maximum atomic E-state index is 11.7. The molecule has 0 N–H and O–H groups in total. The van der Waals surface area contributed by atoms with Crippen LogP contribution in [0, 0.1) is 13.8 Å². The van der Waals surface area contributed by atoms with Crippen molar-refractivity contribution in [2.24, 2.45) is 7.05 Å². The molecule has 0 spiro atoms. The van der Waals surface area contributed by atoms with E-state index in [-0.39, 0.29) is 5.56 Å². The minimum Gasteiger partial charge on any atom is -0.319 e. The highest BCUT2D eigenvalue weighted by atomic mass is 35.5. The minimum atomic E-state index is -0.116. The van der Waals surface area contributed by atoms with Gasteiger partial charge in [-0.1, -0.05) is 11.6 Å². The van der Waals surface area contributed by atoms with Crippen molar-refractivity contribution in [3.05, 3.63) is 45.0 Å². The molecule has 0 bridgehead atoms. The number of hydrogen-bond acceptors (Lipinski definition) is 4. The Kier molecular flexibility index (Phi) is 2.83. The fourth-order valence-corrected chi connectivity index (χ4v) is 2.18. The Balaban J connectivity index is 2.32. The largest absolute Gasteiger partial charge is 0.319 e. The molecular formula is C13H12ClN5O. The summed E-state index contributed by atoms with van der Waals surface area (Å²) in [4.78, 5) is 11.7. The van der Waals surface area contributed by atoms with Crippen LogP contribution in [0.2, 0.25) is 5.15 Å². The third kappa shape index (κ3) is 1.80. The summed E-state index contributed by atoms with van der Waals surface area (Å²) in [7, 11) is 1.69. The predicted octanol–water partition coefficient (Wildman–Crippen LogP) is 1.76. The number of aryl methyl sites for hydroxylation is 2. The number of pyridine rings is 1. The summed E-state index contributed by atoms with van der Waals surface area (Å²) in [5.74, 6) is 0.503. The molecule has 0 aliphatic heterocycles. The Morgan fingerprint density at radius 1 is 1.20 bits per heavy atom. The monoisotopic (exact) mass is 289 g/mol. The summed E-state index contributed by atoms with van der Waals surface area (Å²) in [6, 6.07) is 3.30. The molecule has 0 aliphatic carbocycles. The molecular weight excluding hydrogens is 278 g/mol. The van der Waals surface area contributed by atoms with E-state index in [1.54, 1.807) is 23.8 Å². The Hall–Kier alpha value is -2.21. The van der Waals surface area contributed by atoms with Crippen molar-refractivity contribution in [1.82, 2.24) is 24.4 Å². The first-order valence-corrected chi connectivity index (χ1v) is 6.42. The molecule has 0 amide bonds. The number of aromatic nitrogens is 5. The lowest BCUT2D eigenvalue weighted by atomic mass is 10.2. The molecule has 0 atom stereocenters. The lowest BCUT2D eigenvalue weighted by molar-refractivity contribution is 0.857. The minimum absolute atomic E-state index is 0.116. The standard InChI is InChI=1S/C13H12ClN5O/c1-7-8(2)12-15-16-13(19(12)17-11(7)14)9-4-5-18(3)10(20)6-9/h4-6H,1-3H3. The highest BCUT2D eigenvalue weighted by Crippen LogP contribution is 2.23. The highest BCUT2D eigenvalue weighted by Gasteiger charge is 2.15. The van der Waals surface area contributed by atoms with Gasteiger partial charge in [0.25, 0.3) is 5.56 Å². The van der Waals surface area contributed by atoms with Crippen LogP contribution in [0.1, 0.15) is 11.1 Å². The normalized spacial score (nSPS) is 11.2. The van der Waals surface area contributed by atoms with Crippen LogP contribution < -0.4 is 5.56 Å². The molecule has 3 rings (SSSR count).